The van der Waals surface area contributed by atoms with Crippen LogP contribution in [0.4, 0.5) is 32.0 Å². The number of fused-ring (bicyclic) bond motifs is 3. The molecule has 7 rings (SSSR count). The van der Waals surface area contributed by atoms with Gasteiger partial charge in [-0.3, -0.25) is 4.79 Å². The van der Waals surface area contributed by atoms with E-state index in [0.29, 0.717) is 37.3 Å². The van der Waals surface area contributed by atoms with Crippen LogP contribution in [0.5, 0.6) is 5.75 Å². The molecule has 3 aromatic rings. The fraction of sp³-hybridized carbons (Fsp3) is 0.559. The molecule has 0 radical (unpaired) electrons. The van der Waals surface area contributed by atoms with Gasteiger partial charge in [0.05, 0.1) is 0 Å². The van der Waals surface area contributed by atoms with Crippen molar-refractivity contribution in [2.75, 3.05) is 11.4 Å². The van der Waals surface area contributed by atoms with Crippen molar-refractivity contribution >= 4 is 11.6 Å². The summed E-state index contributed by atoms with van der Waals surface area (Å²) in [7, 11) is 0. The van der Waals surface area contributed by atoms with Gasteiger partial charge in [-0.25, -0.2) is 8.78 Å². The van der Waals surface area contributed by atoms with Gasteiger partial charge in [-0.1, -0.05) is 29.4 Å². The molecule has 1 heterocycles. The van der Waals surface area contributed by atoms with Gasteiger partial charge in [-0.05, 0) is 98.1 Å². The van der Waals surface area contributed by atoms with Crippen LogP contribution in [-0.4, -0.2) is 35.1 Å². The summed E-state index contributed by atoms with van der Waals surface area (Å²) in [5.74, 6) is -6.50. The molecule has 0 unspecified atom stereocenters. The summed E-state index contributed by atoms with van der Waals surface area (Å²) in [4.78, 5) is 19.9. The zero-order valence-electron chi connectivity index (χ0n) is 25.6. The summed E-state index contributed by atoms with van der Waals surface area (Å²) < 4.78 is 90.0. The summed E-state index contributed by atoms with van der Waals surface area (Å²) in [5, 5.41) is 3.94. The monoisotopic (exact) mass is 649 g/mol. The summed E-state index contributed by atoms with van der Waals surface area (Å²) in [6, 6.07) is 13.7. The Hall–Kier alpha value is -3.57. The summed E-state index contributed by atoms with van der Waals surface area (Å²) >= 11 is 0. The first-order valence-electron chi connectivity index (χ1n) is 15.8. The highest BCUT2D eigenvalue weighted by molar-refractivity contribution is 5.94. The molecular weight excluding hydrogens is 612 g/mol. The molecule has 4 saturated carbocycles. The minimum absolute atomic E-state index is 0.0370. The fourth-order valence-electron chi connectivity index (χ4n) is 7.46. The van der Waals surface area contributed by atoms with Crippen molar-refractivity contribution in [1.29, 1.82) is 0 Å². The summed E-state index contributed by atoms with van der Waals surface area (Å²) in [6.07, 6.45) is 4.54. The van der Waals surface area contributed by atoms with E-state index in [1.54, 1.807) is 17.0 Å². The number of aromatic nitrogens is 2. The van der Waals surface area contributed by atoms with E-state index in [-0.39, 0.29) is 55.1 Å². The van der Waals surface area contributed by atoms with Crippen LogP contribution in [0.2, 0.25) is 0 Å². The van der Waals surface area contributed by atoms with Gasteiger partial charge < -0.3 is 14.2 Å². The van der Waals surface area contributed by atoms with Crippen molar-refractivity contribution in [3.63, 3.8) is 0 Å². The quantitative estimate of drug-likeness (QED) is 0.205. The minimum atomic E-state index is -3.22. The van der Waals surface area contributed by atoms with Crippen LogP contribution in [0.3, 0.4) is 0 Å². The molecule has 0 spiro atoms. The molecule has 1 amide bonds. The normalized spacial score (nSPS) is 24.7. The lowest BCUT2D eigenvalue weighted by molar-refractivity contribution is -0.121. The first-order valence-corrected chi connectivity index (χ1v) is 15.8. The van der Waals surface area contributed by atoms with Gasteiger partial charge in [0.25, 0.3) is 5.89 Å². The molecule has 6 nitrogen and oxygen atoms in total. The molecule has 4 aliphatic rings. The van der Waals surface area contributed by atoms with E-state index in [0.717, 1.165) is 37.3 Å². The van der Waals surface area contributed by atoms with E-state index >= 15 is 0 Å². The first kappa shape index (κ1) is 32.4. The Balaban J connectivity index is 1.23. The van der Waals surface area contributed by atoms with Crippen LogP contribution in [0, 0.1) is 11.3 Å². The molecule has 2 aromatic carbocycles. The number of halogens is 6. The Labute approximate surface area is 263 Å². The van der Waals surface area contributed by atoms with Crippen LogP contribution in [0.1, 0.15) is 89.3 Å². The van der Waals surface area contributed by atoms with Crippen molar-refractivity contribution in [3.05, 3.63) is 60.2 Å². The molecular formula is C34H37F6N3O3. The molecule has 12 heteroatoms. The van der Waals surface area contributed by atoms with Crippen molar-refractivity contribution in [2.45, 2.75) is 101 Å². The number of amides is 1. The second kappa shape index (κ2) is 12.2. The largest absolute Gasteiger partial charge is 0.435 e. The van der Waals surface area contributed by atoms with E-state index < -0.39 is 29.8 Å². The van der Waals surface area contributed by atoms with Gasteiger partial charge in [0.15, 0.2) is 5.82 Å². The number of anilines is 1. The smallest absolute Gasteiger partial charge is 0.387 e. The lowest BCUT2D eigenvalue weighted by Crippen LogP contribution is -2.51. The van der Waals surface area contributed by atoms with Crippen LogP contribution < -0.4 is 9.64 Å². The lowest BCUT2D eigenvalue weighted by Gasteiger charge is -2.53. The Morgan fingerprint density at radius 2 is 1.63 bits per heavy atom. The topological polar surface area (TPSA) is 68.5 Å². The van der Waals surface area contributed by atoms with Crippen molar-refractivity contribution in [1.82, 2.24) is 10.1 Å². The highest BCUT2D eigenvalue weighted by Gasteiger charge is 2.53. The zero-order valence-corrected chi connectivity index (χ0v) is 25.6. The zero-order chi connectivity index (χ0) is 32.7. The van der Waals surface area contributed by atoms with Crippen LogP contribution in [-0.2, 0) is 16.1 Å². The Morgan fingerprint density at radius 3 is 2.22 bits per heavy atom. The van der Waals surface area contributed by atoms with Crippen LogP contribution in [0.15, 0.2) is 53.1 Å². The number of ether oxygens (including phenoxy) is 1. The third kappa shape index (κ3) is 6.90. The number of carbonyl (C=O) groups excluding carboxylic acids is 1. The third-order valence-electron chi connectivity index (χ3n) is 10.3. The molecule has 0 N–H and O–H groups in total. The predicted octanol–water partition coefficient (Wildman–Crippen LogP) is 9.29. The molecule has 2 bridgehead atoms. The van der Waals surface area contributed by atoms with Crippen LogP contribution >= 0.6 is 0 Å². The van der Waals surface area contributed by atoms with E-state index in [1.807, 2.05) is 24.3 Å². The van der Waals surface area contributed by atoms with Gasteiger partial charge in [0, 0.05) is 43.8 Å². The second-order valence-electron chi connectivity index (χ2n) is 13.5. The average Bonchev–Trinajstić information content (AvgIpc) is 3.55. The van der Waals surface area contributed by atoms with Gasteiger partial charge in [0.2, 0.25) is 11.8 Å². The number of alkyl halides is 6. The second-order valence-corrected chi connectivity index (χ2v) is 13.5. The fourth-order valence-corrected chi connectivity index (χ4v) is 7.46. The Kier molecular flexibility index (Phi) is 8.60. The maximum atomic E-state index is 14.0. The number of hydrogen-bond donors (Lipinski definition) is 0. The summed E-state index contributed by atoms with van der Waals surface area (Å²) in [5.41, 5.74) is 1.53. The van der Waals surface area contributed by atoms with E-state index in [4.69, 9.17) is 4.52 Å². The number of nitrogens with zero attached hydrogens (tertiary/aromatic N) is 3. The maximum Gasteiger partial charge on any atom is 0.387 e. The number of carbonyl (C=O) groups is 1. The number of benzene rings is 2. The van der Waals surface area contributed by atoms with Crippen molar-refractivity contribution in [3.8, 4) is 16.9 Å². The predicted molar refractivity (Wildman–Crippen MR) is 158 cm³/mol. The molecule has 0 atom stereocenters. The number of hydrogen-bond acceptors (Lipinski definition) is 5. The van der Waals surface area contributed by atoms with Crippen LogP contribution in [0.25, 0.3) is 11.1 Å². The summed E-state index contributed by atoms with van der Waals surface area (Å²) in [6.45, 7) is -1.77. The minimum Gasteiger partial charge on any atom is -0.435 e. The van der Waals surface area contributed by atoms with E-state index in [9.17, 15) is 31.1 Å². The molecule has 1 aromatic heterocycles. The SMILES string of the molecule is CC(F)(F)c1nc(C23CCC(CN(C(=O)CC4CCC(F)(F)CC4)c4cccc(-c5ccc(OC(F)F)cc5)c4)(CC2)CC3)no1. The number of rotatable bonds is 10. The highest BCUT2D eigenvalue weighted by Crippen LogP contribution is 2.58. The van der Waals surface area contributed by atoms with Gasteiger partial charge in [0.1, 0.15) is 5.75 Å². The van der Waals surface area contributed by atoms with E-state index in [2.05, 4.69) is 14.9 Å². The highest BCUT2D eigenvalue weighted by atomic mass is 19.3. The molecule has 4 aliphatic carbocycles. The van der Waals surface area contributed by atoms with Gasteiger partial charge in [-0.2, -0.15) is 22.5 Å². The third-order valence-corrected chi connectivity index (χ3v) is 10.3. The van der Waals surface area contributed by atoms with Crippen molar-refractivity contribution in [2.24, 2.45) is 11.3 Å². The molecule has 4 fully saturated rings. The molecule has 0 saturated heterocycles. The first-order chi connectivity index (χ1) is 21.7. The standard InChI is InChI=1S/C34H37F6N3O3/c1-31(37,38)29-41-28(42-46-29)33-16-13-32(14-17-33,15-18-33)21-43(27(44)19-22-9-11-34(39,40)12-10-22)25-4-2-3-24(20-25)23-5-7-26(8-6-23)45-30(35)36/h2-8,20,22,30H,9-19,21H2,1H3. The average molecular weight is 650 g/mol. The molecule has 0 aliphatic heterocycles. The Bertz CT molecular complexity index is 1500. The maximum absolute atomic E-state index is 14.0. The molecule has 46 heavy (non-hydrogen) atoms. The lowest BCUT2D eigenvalue weighted by atomic mass is 9.53. The molecule has 248 valence electrons. The van der Waals surface area contributed by atoms with Crippen molar-refractivity contribution < 1.29 is 40.4 Å². The Morgan fingerprint density at radius 1 is 0.978 bits per heavy atom. The van der Waals surface area contributed by atoms with Gasteiger partial charge in [-0.15, -0.1) is 0 Å². The van der Waals surface area contributed by atoms with E-state index in [1.165, 1.54) is 12.1 Å². The van der Waals surface area contributed by atoms with Gasteiger partial charge >= 0.3 is 12.5 Å².